The van der Waals surface area contributed by atoms with Gasteiger partial charge in [-0.15, -0.1) is 0 Å². The van der Waals surface area contributed by atoms with Gasteiger partial charge < -0.3 is 10.5 Å². The zero-order chi connectivity index (χ0) is 10.3. The molecule has 4 heteroatoms. The molecule has 0 aliphatic rings. The second-order valence-corrected chi connectivity index (χ2v) is 3.31. The summed E-state index contributed by atoms with van der Waals surface area (Å²) in [6, 6.07) is 1.78. The van der Waals surface area contributed by atoms with E-state index in [0.717, 1.165) is 22.8 Å². The zero-order valence-electron chi connectivity index (χ0n) is 8.53. The molecule has 2 heterocycles. The van der Waals surface area contributed by atoms with E-state index in [1.807, 2.05) is 24.4 Å². The van der Waals surface area contributed by atoms with Crippen LogP contribution in [-0.2, 0) is 0 Å². The number of hydrogen-bond donors (Lipinski definition) is 1. The van der Waals surface area contributed by atoms with Crippen LogP contribution in [0.3, 0.4) is 0 Å². The Morgan fingerprint density at radius 2 is 2.14 bits per heavy atom. The molecule has 0 saturated heterocycles. The quantitative estimate of drug-likeness (QED) is 0.743. The van der Waals surface area contributed by atoms with Gasteiger partial charge in [0.15, 0.2) is 5.65 Å². The van der Waals surface area contributed by atoms with E-state index in [0.29, 0.717) is 5.69 Å². The number of imidazole rings is 1. The van der Waals surface area contributed by atoms with Crippen molar-refractivity contribution in [2.75, 3.05) is 12.8 Å². The van der Waals surface area contributed by atoms with E-state index in [9.17, 15) is 0 Å². The van der Waals surface area contributed by atoms with Crippen molar-refractivity contribution in [3.05, 3.63) is 23.7 Å². The lowest BCUT2D eigenvalue weighted by molar-refractivity contribution is 0.412. The predicted molar refractivity (Wildman–Crippen MR) is 55.6 cm³/mol. The molecule has 0 aromatic carbocycles. The molecule has 0 atom stereocenters. The van der Waals surface area contributed by atoms with Gasteiger partial charge in [-0.05, 0) is 13.8 Å². The van der Waals surface area contributed by atoms with Crippen LogP contribution in [0.5, 0.6) is 5.75 Å². The Labute approximate surface area is 82.3 Å². The number of aryl methyl sites for hydroxylation is 2. The highest BCUT2D eigenvalue weighted by Gasteiger charge is 2.08. The van der Waals surface area contributed by atoms with Crippen LogP contribution in [0.1, 0.15) is 11.4 Å². The molecule has 2 aromatic heterocycles. The van der Waals surface area contributed by atoms with Crippen molar-refractivity contribution >= 4 is 11.3 Å². The molecule has 2 rings (SSSR count). The summed E-state index contributed by atoms with van der Waals surface area (Å²) in [5, 5.41) is 0. The topological polar surface area (TPSA) is 52.5 Å². The molecule has 2 N–H and O–H groups in total. The molecule has 0 unspecified atom stereocenters. The molecule has 74 valence electrons. The predicted octanol–water partition coefficient (Wildman–Crippen LogP) is 1.54. The number of pyridine rings is 1. The lowest BCUT2D eigenvalue weighted by Gasteiger charge is -2.04. The van der Waals surface area contributed by atoms with E-state index in [4.69, 9.17) is 10.5 Å². The Kier molecular flexibility index (Phi) is 1.84. The van der Waals surface area contributed by atoms with Crippen LogP contribution >= 0.6 is 0 Å². The van der Waals surface area contributed by atoms with Crippen LogP contribution in [0.15, 0.2) is 12.3 Å². The van der Waals surface area contributed by atoms with Crippen molar-refractivity contribution < 1.29 is 4.74 Å². The van der Waals surface area contributed by atoms with Crippen molar-refractivity contribution in [2.24, 2.45) is 0 Å². The highest BCUT2D eigenvalue weighted by atomic mass is 16.5. The first kappa shape index (κ1) is 8.87. The summed E-state index contributed by atoms with van der Waals surface area (Å²) in [6.45, 7) is 3.97. The molecule has 0 aliphatic heterocycles. The van der Waals surface area contributed by atoms with Crippen molar-refractivity contribution in [3.8, 4) is 5.75 Å². The van der Waals surface area contributed by atoms with E-state index < -0.39 is 0 Å². The number of anilines is 1. The van der Waals surface area contributed by atoms with Crippen LogP contribution in [-0.4, -0.2) is 16.5 Å². The molecule has 0 spiro atoms. The van der Waals surface area contributed by atoms with Gasteiger partial charge in [-0.25, -0.2) is 4.98 Å². The summed E-state index contributed by atoms with van der Waals surface area (Å²) < 4.78 is 7.09. The van der Waals surface area contributed by atoms with Crippen molar-refractivity contribution in [1.29, 1.82) is 0 Å². The summed E-state index contributed by atoms with van der Waals surface area (Å²) in [7, 11) is 1.62. The third-order valence-corrected chi connectivity index (χ3v) is 2.43. The second-order valence-electron chi connectivity index (χ2n) is 3.31. The van der Waals surface area contributed by atoms with Crippen molar-refractivity contribution in [3.63, 3.8) is 0 Å². The lowest BCUT2D eigenvalue weighted by atomic mass is 10.3. The van der Waals surface area contributed by atoms with Gasteiger partial charge in [0.1, 0.15) is 5.75 Å². The van der Waals surface area contributed by atoms with Gasteiger partial charge in [0, 0.05) is 11.8 Å². The fraction of sp³-hybridized carbons (Fsp3) is 0.300. The molecule has 0 aliphatic carbocycles. The van der Waals surface area contributed by atoms with Gasteiger partial charge in [-0.3, -0.25) is 4.40 Å². The number of aromatic nitrogens is 2. The lowest BCUT2D eigenvalue weighted by Crippen LogP contribution is -1.96. The Balaban J connectivity index is 2.83. The Morgan fingerprint density at radius 1 is 1.43 bits per heavy atom. The minimum Gasteiger partial charge on any atom is -0.495 e. The number of ether oxygens (including phenoxy) is 1. The summed E-state index contributed by atoms with van der Waals surface area (Å²) in [5.41, 5.74) is 9.36. The molecular weight excluding hydrogens is 178 g/mol. The number of methoxy groups -OCH3 is 1. The summed E-state index contributed by atoms with van der Waals surface area (Å²) in [4.78, 5) is 4.37. The Morgan fingerprint density at radius 3 is 2.79 bits per heavy atom. The van der Waals surface area contributed by atoms with E-state index in [2.05, 4.69) is 4.98 Å². The number of nitrogen functional groups attached to an aromatic ring is 1. The maximum atomic E-state index is 5.85. The van der Waals surface area contributed by atoms with Gasteiger partial charge in [0.2, 0.25) is 0 Å². The third-order valence-electron chi connectivity index (χ3n) is 2.43. The number of nitrogens with two attached hydrogens (primary N) is 1. The van der Waals surface area contributed by atoms with Gasteiger partial charge in [0.25, 0.3) is 0 Å². The van der Waals surface area contributed by atoms with Crippen LogP contribution < -0.4 is 10.5 Å². The van der Waals surface area contributed by atoms with Crippen LogP contribution in [0.2, 0.25) is 0 Å². The highest BCUT2D eigenvalue weighted by Crippen LogP contribution is 2.22. The van der Waals surface area contributed by atoms with Gasteiger partial charge in [-0.1, -0.05) is 0 Å². The molecule has 4 nitrogen and oxygen atoms in total. The minimum atomic E-state index is 0.639. The summed E-state index contributed by atoms with van der Waals surface area (Å²) >= 11 is 0. The fourth-order valence-corrected chi connectivity index (χ4v) is 1.48. The Hall–Kier alpha value is -1.71. The standard InChI is InChI=1S/C10H13N3O/c1-6-7(2)13-5-8(14-3)4-9(11)10(13)12-6/h4-5H,11H2,1-3H3. The van der Waals surface area contributed by atoms with Gasteiger partial charge in [-0.2, -0.15) is 0 Å². The number of fused-ring (bicyclic) bond motifs is 1. The van der Waals surface area contributed by atoms with E-state index >= 15 is 0 Å². The maximum Gasteiger partial charge on any atom is 0.160 e. The van der Waals surface area contributed by atoms with Gasteiger partial charge >= 0.3 is 0 Å². The smallest absolute Gasteiger partial charge is 0.160 e. The molecule has 0 amide bonds. The monoisotopic (exact) mass is 191 g/mol. The fourth-order valence-electron chi connectivity index (χ4n) is 1.48. The first-order valence-corrected chi connectivity index (χ1v) is 4.42. The van der Waals surface area contributed by atoms with Crippen LogP contribution in [0.4, 0.5) is 5.69 Å². The molecule has 0 radical (unpaired) electrons. The maximum absolute atomic E-state index is 5.85. The first-order chi connectivity index (χ1) is 6.63. The normalized spacial score (nSPS) is 10.8. The van der Waals surface area contributed by atoms with Crippen LogP contribution in [0.25, 0.3) is 5.65 Å². The molecule has 0 bridgehead atoms. The SMILES string of the molecule is COc1cc(N)c2nc(C)c(C)n2c1. The molecular formula is C10H13N3O. The second kappa shape index (κ2) is 2.90. The number of hydrogen-bond acceptors (Lipinski definition) is 3. The molecule has 0 saturated carbocycles. The average Bonchev–Trinajstić information content (AvgIpc) is 2.45. The molecule has 0 fully saturated rings. The molecule has 2 aromatic rings. The van der Waals surface area contributed by atoms with Gasteiger partial charge in [0.05, 0.1) is 24.7 Å². The van der Waals surface area contributed by atoms with E-state index in [1.165, 1.54) is 0 Å². The summed E-state index contributed by atoms with van der Waals surface area (Å²) in [6.07, 6.45) is 1.89. The number of nitrogens with zero attached hydrogens (tertiary/aromatic N) is 2. The first-order valence-electron chi connectivity index (χ1n) is 4.42. The van der Waals surface area contributed by atoms with Crippen LogP contribution in [0, 0.1) is 13.8 Å². The zero-order valence-corrected chi connectivity index (χ0v) is 8.53. The third kappa shape index (κ3) is 1.11. The van der Waals surface area contributed by atoms with Crippen molar-refractivity contribution in [2.45, 2.75) is 13.8 Å². The average molecular weight is 191 g/mol. The number of rotatable bonds is 1. The van der Waals surface area contributed by atoms with E-state index in [-0.39, 0.29) is 0 Å². The minimum absolute atomic E-state index is 0.639. The Bertz CT molecular complexity index is 488. The highest BCUT2D eigenvalue weighted by molar-refractivity contribution is 5.67. The molecule has 14 heavy (non-hydrogen) atoms. The largest absolute Gasteiger partial charge is 0.495 e. The van der Waals surface area contributed by atoms with Crippen molar-refractivity contribution in [1.82, 2.24) is 9.38 Å². The van der Waals surface area contributed by atoms with E-state index in [1.54, 1.807) is 13.2 Å². The summed E-state index contributed by atoms with van der Waals surface area (Å²) in [5.74, 6) is 0.746.